The number of ether oxygens (including phenoxy) is 1. The fraction of sp³-hybridized carbons (Fsp3) is 0.143. The molecule has 8 nitrogen and oxygen atoms in total. The van der Waals surface area contributed by atoms with Crippen LogP contribution in [0.2, 0.25) is 0 Å². The Labute approximate surface area is 179 Å². The molecule has 4 aromatic rings. The van der Waals surface area contributed by atoms with E-state index >= 15 is 0 Å². The maximum absolute atomic E-state index is 13.1. The average molecular weight is 440 g/mol. The van der Waals surface area contributed by atoms with Gasteiger partial charge in [-0.15, -0.1) is 0 Å². The third-order valence-corrected chi connectivity index (χ3v) is 5.15. The van der Waals surface area contributed by atoms with Gasteiger partial charge in [0, 0.05) is 17.3 Å². The van der Waals surface area contributed by atoms with Crippen LogP contribution in [0.5, 0.6) is 5.88 Å². The smallest absolute Gasteiger partial charge is 0.416 e. The Balaban J connectivity index is 1.50. The average Bonchev–Trinajstić information content (AvgIpc) is 3.11. The molecule has 2 N–H and O–H groups in total. The summed E-state index contributed by atoms with van der Waals surface area (Å²) in [5.41, 5.74) is 6.83. The first-order valence-electron chi connectivity index (χ1n) is 9.53. The molecule has 0 aliphatic carbocycles. The number of carbonyl (C=O) groups excluding carboxylic acids is 1. The van der Waals surface area contributed by atoms with E-state index in [1.807, 2.05) is 0 Å². The summed E-state index contributed by atoms with van der Waals surface area (Å²) in [6, 6.07) is 8.35. The minimum Gasteiger partial charge on any atom is -0.475 e. The van der Waals surface area contributed by atoms with Crippen LogP contribution in [0.1, 0.15) is 15.9 Å². The molecule has 0 spiro atoms. The molecule has 1 aliphatic rings. The number of benzene rings is 1. The van der Waals surface area contributed by atoms with Crippen molar-refractivity contribution in [2.24, 2.45) is 0 Å². The van der Waals surface area contributed by atoms with Gasteiger partial charge in [-0.3, -0.25) is 4.79 Å². The molecule has 1 aromatic carbocycles. The second-order valence-corrected chi connectivity index (χ2v) is 7.08. The van der Waals surface area contributed by atoms with Gasteiger partial charge in [0.1, 0.15) is 30.0 Å². The van der Waals surface area contributed by atoms with Crippen molar-refractivity contribution in [1.82, 2.24) is 19.5 Å². The minimum atomic E-state index is -4.40. The number of anilines is 2. The topological polar surface area (TPSA) is 99.2 Å². The molecule has 0 saturated carbocycles. The maximum Gasteiger partial charge on any atom is 0.416 e. The highest BCUT2D eigenvalue weighted by atomic mass is 19.4. The number of nitrogens with two attached hydrogens (primary N) is 1. The van der Waals surface area contributed by atoms with E-state index in [0.29, 0.717) is 22.4 Å². The molecule has 0 bridgehead atoms. The summed E-state index contributed by atoms with van der Waals surface area (Å²) in [4.78, 5) is 26.9. The molecular weight excluding hydrogens is 425 g/mol. The van der Waals surface area contributed by atoms with E-state index in [1.54, 1.807) is 22.9 Å². The molecule has 0 fully saturated rings. The Hall–Kier alpha value is -4.15. The zero-order valence-electron chi connectivity index (χ0n) is 16.4. The lowest BCUT2D eigenvalue weighted by molar-refractivity contribution is -0.137. The third kappa shape index (κ3) is 3.27. The number of fused-ring (bicyclic) bond motifs is 2. The SMILES string of the molecule is Nc1ncnc2c1C(=O)N(c1cnc3c(ccn3-c3ccc(C(F)(F)F)cc3)c1)CCO2. The van der Waals surface area contributed by atoms with Gasteiger partial charge in [0.05, 0.1) is 24.0 Å². The predicted octanol–water partition coefficient (Wildman–Crippen LogP) is 3.46. The summed E-state index contributed by atoms with van der Waals surface area (Å²) in [5.74, 6) is -0.249. The molecule has 0 atom stereocenters. The van der Waals surface area contributed by atoms with Crippen LogP contribution in [-0.4, -0.2) is 38.6 Å². The van der Waals surface area contributed by atoms with Gasteiger partial charge in [0.2, 0.25) is 5.88 Å². The lowest BCUT2D eigenvalue weighted by Gasteiger charge is -2.20. The Kier molecular flexibility index (Phi) is 4.47. The van der Waals surface area contributed by atoms with Gasteiger partial charge in [-0.25, -0.2) is 15.0 Å². The van der Waals surface area contributed by atoms with Crippen LogP contribution in [0.4, 0.5) is 24.7 Å². The highest BCUT2D eigenvalue weighted by molar-refractivity contribution is 6.11. The van der Waals surface area contributed by atoms with Crippen LogP contribution in [0.3, 0.4) is 0 Å². The first-order valence-corrected chi connectivity index (χ1v) is 9.53. The quantitative estimate of drug-likeness (QED) is 0.513. The fourth-order valence-electron chi connectivity index (χ4n) is 3.59. The summed E-state index contributed by atoms with van der Waals surface area (Å²) in [6.07, 6.45) is 0.0555. The largest absolute Gasteiger partial charge is 0.475 e. The minimum absolute atomic E-state index is 0.0226. The third-order valence-electron chi connectivity index (χ3n) is 5.15. The van der Waals surface area contributed by atoms with E-state index in [9.17, 15) is 18.0 Å². The van der Waals surface area contributed by atoms with Crippen LogP contribution in [0, 0.1) is 0 Å². The Morgan fingerprint density at radius 2 is 1.81 bits per heavy atom. The summed E-state index contributed by atoms with van der Waals surface area (Å²) in [6.45, 7) is 0.460. The summed E-state index contributed by atoms with van der Waals surface area (Å²) in [5, 5.41) is 0.706. The van der Waals surface area contributed by atoms with Crippen molar-refractivity contribution in [3.05, 3.63) is 66.2 Å². The number of nitrogens with zero attached hydrogens (tertiary/aromatic N) is 5. The van der Waals surface area contributed by atoms with Crippen LogP contribution < -0.4 is 15.4 Å². The van der Waals surface area contributed by atoms with Gasteiger partial charge in [-0.2, -0.15) is 13.2 Å². The van der Waals surface area contributed by atoms with E-state index < -0.39 is 17.6 Å². The van der Waals surface area contributed by atoms with Crippen LogP contribution in [-0.2, 0) is 6.18 Å². The summed E-state index contributed by atoms with van der Waals surface area (Å²) in [7, 11) is 0. The van der Waals surface area contributed by atoms with Crippen molar-refractivity contribution < 1.29 is 22.7 Å². The number of rotatable bonds is 2. The van der Waals surface area contributed by atoms with Gasteiger partial charge >= 0.3 is 6.18 Å². The van der Waals surface area contributed by atoms with E-state index in [1.165, 1.54) is 29.6 Å². The molecule has 0 radical (unpaired) electrons. The molecule has 4 heterocycles. The molecule has 0 saturated heterocycles. The lowest BCUT2D eigenvalue weighted by Crippen LogP contribution is -2.32. The van der Waals surface area contributed by atoms with Gasteiger partial charge in [0.15, 0.2) is 0 Å². The zero-order valence-corrected chi connectivity index (χ0v) is 16.4. The molecule has 3 aromatic heterocycles. The van der Waals surface area contributed by atoms with E-state index in [2.05, 4.69) is 15.0 Å². The number of halogens is 3. The first kappa shape index (κ1) is 19.8. The second-order valence-electron chi connectivity index (χ2n) is 7.08. The van der Waals surface area contributed by atoms with Crippen LogP contribution >= 0.6 is 0 Å². The van der Waals surface area contributed by atoms with E-state index in [-0.39, 0.29) is 30.4 Å². The highest BCUT2D eigenvalue weighted by Gasteiger charge is 2.30. The molecule has 0 unspecified atom stereocenters. The van der Waals surface area contributed by atoms with Gasteiger partial charge < -0.3 is 19.9 Å². The molecule has 1 amide bonds. The van der Waals surface area contributed by atoms with E-state index in [4.69, 9.17) is 10.5 Å². The number of carbonyl (C=O) groups is 1. The predicted molar refractivity (Wildman–Crippen MR) is 110 cm³/mol. The number of aromatic nitrogens is 4. The Morgan fingerprint density at radius 1 is 1.03 bits per heavy atom. The van der Waals surface area contributed by atoms with Crippen molar-refractivity contribution in [3.8, 4) is 11.6 Å². The molecule has 11 heteroatoms. The van der Waals surface area contributed by atoms with Crippen molar-refractivity contribution >= 4 is 28.4 Å². The zero-order chi connectivity index (χ0) is 22.5. The molecule has 1 aliphatic heterocycles. The Bertz CT molecular complexity index is 1330. The number of nitrogen functional groups attached to an aromatic ring is 1. The monoisotopic (exact) mass is 440 g/mol. The first-order chi connectivity index (χ1) is 15.3. The summed E-state index contributed by atoms with van der Waals surface area (Å²) < 4.78 is 45.7. The van der Waals surface area contributed by atoms with Crippen molar-refractivity contribution in [3.63, 3.8) is 0 Å². The number of amides is 1. The van der Waals surface area contributed by atoms with E-state index in [0.717, 1.165) is 12.1 Å². The lowest BCUT2D eigenvalue weighted by atomic mass is 10.2. The van der Waals surface area contributed by atoms with Gasteiger partial charge in [-0.1, -0.05) is 0 Å². The fourth-order valence-corrected chi connectivity index (χ4v) is 3.59. The number of pyridine rings is 1. The van der Waals surface area contributed by atoms with Crippen molar-refractivity contribution in [2.75, 3.05) is 23.8 Å². The molecule has 5 rings (SSSR count). The van der Waals surface area contributed by atoms with Gasteiger partial charge in [0.25, 0.3) is 5.91 Å². The normalized spacial score (nSPS) is 14.2. The standard InChI is InChI=1S/C21H15F3N6O2/c22-21(23,24)13-1-3-14(4-2-13)29-6-5-12-9-15(10-26-18(12)29)30-7-8-32-19-16(20(30)31)17(25)27-11-28-19/h1-6,9-11H,7-8H2,(H2,25,27,28). The molecule has 162 valence electrons. The number of hydrogen-bond donors (Lipinski definition) is 1. The van der Waals surface area contributed by atoms with Crippen molar-refractivity contribution in [1.29, 1.82) is 0 Å². The highest BCUT2D eigenvalue weighted by Crippen LogP contribution is 2.31. The number of alkyl halides is 3. The maximum atomic E-state index is 13.1. The van der Waals surface area contributed by atoms with Crippen LogP contribution in [0.25, 0.3) is 16.7 Å². The van der Waals surface area contributed by atoms with Crippen LogP contribution in [0.15, 0.2) is 55.1 Å². The molecule has 32 heavy (non-hydrogen) atoms. The van der Waals surface area contributed by atoms with Gasteiger partial charge in [-0.05, 0) is 36.4 Å². The molecular formula is C21H15F3N6O2. The van der Waals surface area contributed by atoms with Crippen molar-refractivity contribution in [2.45, 2.75) is 6.18 Å². The number of hydrogen-bond acceptors (Lipinski definition) is 6. The Morgan fingerprint density at radius 3 is 2.56 bits per heavy atom. The summed E-state index contributed by atoms with van der Waals surface area (Å²) >= 11 is 0. The second kappa shape index (κ2) is 7.22.